The van der Waals surface area contributed by atoms with Crippen molar-refractivity contribution in [3.05, 3.63) is 58.8 Å². The number of carbonyl (C=O) groups is 1. The Morgan fingerprint density at radius 2 is 1.92 bits per heavy atom. The minimum absolute atomic E-state index is 0.00764. The van der Waals surface area contributed by atoms with Gasteiger partial charge in [-0.05, 0) is 30.3 Å². The van der Waals surface area contributed by atoms with E-state index in [1.54, 1.807) is 4.57 Å². The number of para-hydroxylation sites is 2. The summed E-state index contributed by atoms with van der Waals surface area (Å²) in [6.07, 6.45) is 1.51. The molecule has 2 aromatic carbocycles. The van der Waals surface area contributed by atoms with Crippen molar-refractivity contribution in [1.82, 2.24) is 19.8 Å². The van der Waals surface area contributed by atoms with Crippen LogP contribution in [0, 0.1) is 0 Å². The van der Waals surface area contributed by atoms with Gasteiger partial charge >= 0.3 is 0 Å². The first-order chi connectivity index (χ1) is 11.9. The number of hydrogen-bond donors (Lipinski definition) is 2. The highest BCUT2D eigenvalue weighted by atomic mass is 35.5. The van der Waals surface area contributed by atoms with E-state index in [0.717, 1.165) is 11.0 Å². The number of carbonyl (C=O) groups excluding carboxylic acids is 1. The molecule has 25 heavy (non-hydrogen) atoms. The molecule has 3 aromatic rings. The minimum atomic E-state index is -4.05. The van der Waals surface area contributed by atoms with Crippen LogP contribution in [-0.2, 0) is 21.4 Å². The number of nitrogens with one attached hydrogen (secondary N) is 2. The maximum absolute atomic E-state index is 12.2. The molecule has 0 atom stereocenters. The molecule has 130 valence electrons. The van der Waals surface area contributed by atoms with Gasteiger partial charge in [0.1, 0.15) is 11.4 Å². The topological polar surface area (TPSA) is 93.1 Å². The van der Waals surface area contributed by atoms with Gasteiger partial charge in [-0.3, -0.25) is 10.2 Å². The molecule has 0 aliphatic rings. The van der Waals surface area contributed by atoms with Gasteiger partial charge in [-0.2, -0.15) is 0 Å². The van der Waals surface area contributed by atoms with Crippen LogP contribution in [0.5, 0.6) is 0 Å². The lowest BCUT2D eigenvalue weighted by Crippen LogP contribution is -2.43. The SMILES string of the molecule is O=C(Cn1cnc2ccccc21)NNS(=O)(=O)c1cc(Cl)ccc1Cl. The van der Waals surface area contributed by atoms with Crippen molar-refractivity contribution in [3.63, 3.8) is 0 Å². The van der Waals surface area contributed by atoms with Crippen LogP contribution < -0.4 is 10.3 Å². The summed E-state index contributed by atoms with van der Waals surface area (Å²) in [4.78, 5) is 18.0. The summed E-state index contributed by atoms with van der Waals surface area (Å²) in [7, 11) is -4.05. The molecular formula is C15H12Cl2N4O3S. The fourth-order valence-corrected chi connectivity index (χ4v) is 3.82. The monoisotopic (exact) mass is 398 g/mol. The Hall–Kier alpha value is -2.13. The van der Waals surface area contributed by atoms with Crippen LogP contribution in [0.4, 0.5) is 0 Å². The first kappa shape index (κ1) is 17.7. The van der Waals surface area contributed by atoms with E-state index in [1.165, 1.54) is 24.5 Å². The average molecular weight is 399 g/mol. The van der Waals surface area contributed by atoms with Gasteiger partial charge in [-0.25, -0.2) is 13.4 Å². The van der Waals surface area contributed by atoms with Gasteiger partial charge in [0.25, 0.3) is 15.9 Å². The lowest BCUT2D eigenvalue weighted by Gasteiger charge is -2.10. The molecule has 0 fully saturated rings. The molecule has 3 rings (SSSR count). The molecule has 0 spiro atoms. The molecule has 0 aliphatic carbocycles. The smallest absolute Gasteiger partial charge is 0.258 e. The largest absolute Gasteiger partial charge is 0.321 e. The zero-order valence-electron chi connectivity index (χ0n) is 12.6. The molecule has 0 bridgehead atoms. The second kappa shape index (κ2) is 7.01. The first-order valence-corrected chi connectivity index (χ1v) is 9.26. The highest BCUT2D eigenvalue weighted by molar-refractivity contribution is 7.89. The van der Waals surface area contributed by atoms with E-state index in [-0.39, 0.29) is 21.5 Å². The minimum Gasteiger partial charge on any atom is -0.321 e. The molecule has 1 aromatic heterocycles. The Labute approximate surface area is 153 Å². The lowest BCUT2D eigenvalue weighted by molar-refractivity contribution is -0.122. The highest BCUT2D eigenvalue weighted by Gasteiger charge is 2.19. The van der Waals surface area contributed by atoms with Gasteiger partial charge in [-0.15, -0.1) is 4.83 Å². The lowest BCUT2D eigenvalue weighted by atomic mass is 10.3. The maximum Gasteiger partial charge on any atom is 0.258 e. The molecular weight excluding hydrogens is 387 g/mol. The van der Waals surface area contributed by atoms with Gasteiger partial charge in [0.05, 0.1) is 22.4 Å². The first-order valence-electron chi connectivity index (χ1n) is 7.02. The molecule has 0 saturated carbocycles. The highest BCUT2D eigenvalue weighted by Crippen LogP contribution is 2.24. The Balaban J connectivity index is 1.70. The Kier molecular flexibility index (Phi) is 4.96. The molecule has 1 amide bonds. The number of aromatic nitrogens is 2. The van der Waals surface area contributed by atoms with Gasteiger partial charge < -0.3 is 4.57 Å². The van der Waals surface area contributed by atoms with Crippen molar-refractivity contribution in [2.24, 2.45) is 0 Å². The molecule has 0 radical (unpaired) electrons. The molecule has 0 unspecified atom stereocenters. The number of sulfonamides is 1. The Bertz CT molecular complexity index is 1050. The number of amides is 1. The van der Waals surface area contributed by atoms with Crippen molar-refractivity contribution in [2.75, 3.05) is 0 Å². The summed E-state index contributed by atoms with van der Waals surface area (Å²) in [5.74, 6) is -0.565. The van der Waals surface area contributed by atoms with Crippen LogP contribution >= 0.6 is 23.2 Å². The molecule has 0 saturated heterocycles. The Morgan fingerprint density at radius 1 is 1.16 bits per heavy atom. The second-order valence-corrected chi connectivity index (χ2v) is 7.58. The van der Waals surface area contributed by atoms with Crippen molar-refractivity contribution >= 4 is 50.2 Å². The number of hydrazine groups is 1. The maximum atomic E-state index is 12.2. The van der Waals surface area contributed by atoms with E-state index in [1.807, 2.05) is 29.1 Å². The average Bonchev–Trinajstić information content (AvgIpc) is 2.98. The van der Waals surface area contributed by atoms with Crippen molar-refractivity contribution in [1.29, 1.82) is 0 Å². The number of rotatable bonds is 5. The van der Waals surface area contributed by atoms with E-state index in [9.17, 15) is 13.2 Å². The molecule has 0 aliphatic heterocycles. The zero-order chi connectivity index (χ0) is 18.0. The van der Waals surface area contributed by atoms with Crippen molar-refractivity contribution < 1.29 is 13.2 Å². The zero-order valence-corrected chi connectivity index (χ0v) is 14.9. The van der Waals surface area contributed by atoms with Crippen LogP contribution in [0.1, 0.15) is 0 Å². The fraction of sp³-hybridized carbons (Fsp3) is 0.0667. The predicted octanol–water partition coefficient (Wildman–Crippen LogP) is 2.35. The van der Waals surface area contributed by atoms with E-state index in [2.05, 4.69) is 10.4 Å². The predicted molar refractivity (Wildman–Crippen MR) is 94.7 cm³/mol. The summed E-state index contributed by atoms with van der Waals surface area (Å²) < 4.78 is 26.1. The number of benzene rings is 2. The van der Waals surface area contributed by atoms with Crippen LogP contribution in [0.15, 0.2) is 53.7 Å². The number of hydrogen-bond acceptors (Lipinski definition) is 4. The third-order valence-corrected chi connectivity index (χ3v) is 5.31. The summed E-state index contributed by atoms with van der Waals surface area (Å²) in [6, 6.07) is 11.3. The van der Waals surface area contributed by atoms with E-state index in [0.29, 0.717) is 0 Å². The third kappa shape index (κ3) is 3.93. The van der Waals surface area contributed by atoms with Crippen LogP contribution in [0.3, 0.4) is 0 Å². The molecule has 10 heteroatoms. The number of nitrogens with zero attached hydrogens (tertiary/aromatic N) is 2. The number of fused-ring (bicyclic) bond motifs is 1. The van der Waals surface area contributed by atoms with E-state index < -0.39 is 15.9 Å². The molecule has 1 heterocycles. The van der Waals surface area contributed by atoms with Crippen molar-refractivity contribution in [2.45, 2.75) is 11.4 Å². The third-order valence-electron chi connectivity index (χ3n) is 3.35. The quantitative estimate of drug-likeness (QED) is 0.645. The van der Waals surface area contributed by atoms with Gasteiger partial charge in [-0.1, -0.05) is 35.3 Å². The molecule has 2 N–H and O–H groups in total. The second-order valence-electron chi connectivity index (χ2n) is 5.09. The van der Waals surface area contributed by atoms with Gasteiger partial charge in [0.15, 0.2) is 0 Å². The fourth-order valence-electron chi connectivity index (χ4n) is 2.19. The summed E-state index contributed by atoms with van der Waals surface area (Å²) in [6.45, 7) is -0.105. The molecule has 7 nitrogen and oxygen atoms in total. The van der Waals surface area contributed by atoms with Crippen LogP contribution in [0.25, 0.3) is 11.0 Å². The van der Waals surface area contributed by atoms with Crippen molar-refractivity contribution in [3.8, 4) is 0 Å². The summed E-state index contributed by atoms with van der Waals surface area (Å²) in [5, 5.41) is 0.202. The van der Waals surface area contributed by atoms with E-state index in [4.69, 9.17) is 23.2 Å². The van der Waals surface area contributed by atoms with Crippen LogP contribution in [0.2, 0.25) is 10.0 Å². The summed E-state index contributed by atoms with van der Waals surface area (Å²) >= 11 is 11.7. The summed E-state index contributed by atoms with van der Waals surface area (Å²) in [5.41, 5.74) is 3.64. The standard InChI is InChI=1S/C15H12Cl2N4O3S/c16-10-5-6-11(17)14(7-10)25(23,24)20-19-15(22)8-21-9-18-12-3-1-2-4-13(12)21/h1-7,9,20H,8H2,(H,19,22). The number of halogens is 2. The van der Waals surface area contributed by atoms with Gasteiger partial charge in [0.2, 0.25) is 0 Å². The van der Waals surface area contributed by atoms with E-state index >= 15 is 0 Å². The van der Waals surface area contributed by atoms with Crippen LogP contribution in [-0.4, -0.2) is 23.9 Å². The number of imidazole rings is 1. The Morgan fingerprint density at radius 3 is 2.72 bits per heavy atom. The normalized spacial score (nSPS) is 11.6. The van der Waals surface area contributed by atoms with Gasteiger partial charge in [0, 0.05) is 5.02 Å².